The van der Waals surface area contributed by atoms with Crippen molar-refractivity contribution in [3.63, 3.8) is 0 Å². The fraction of sp³-hybridized carbons (Fsp3) is 0.125. The number of benzene rings is 1. The van der Waals surface area contributed by atoms with Gasteiger partial charge in [0.05, 0.1) is 0 Å². The molecule has 0 radical (unpaired) electrons. The molecule has 0 bridgehead atoms. The zero-order valence-electron chi connectivity index (χ0n) is 12.1. The van der Waals surface area contributed by atoms with Crippen molar-refractivity contribution in [1.82, 2.24) is 20.2 Å². The third kappa shape index (κ3) is 2.64. The average molecular weight is 307 g/mol. The van der Waals surface area contributed by atoms with Gasteiger partial charge >= 0.3 is 0 Å². The molecule has 0 unspecified atom stereocenters. The number of amides is 1. The Hall–Kier alpha value is -3.22. The summed E-state index contributed by atoms with van der Waals surface area (Å²) < 4.78 is 5.64. The maximum atomic E-state index is 12.3. The number of aromatic nitrogens is 4. The first kappa shape index (κ1) is 13.4. The minimum Gasteiger partial charge on any atom is -0.480 e. The van der Waals surface area contributed by atoms with Crippen molar-refractivity contribution in [2.75, 3.05) is 5.32 Å². The molecule has 0 fully saturated rings. The third-order valence-corrected chi connectivity index (χ3v) is 3.57. The molecule has 1 atom stereocenters. The predicted molar refractivity (Wildman–Crippen MR) is 82.8 cm³/mol. The van der Waals surface area contributed by atoms with E-state index in [0.29, 0.717) is 17.9 Å². The van der Waals surface area contributed by atoms with Crippen molar-refractivity contribution in [3.8, 4) is 17.3 Å². The van der Waals surface area contributed by atoms with Gasteiger partial charge in [-0.3, -0.25) is 20.2 Å². The molecule has 1 aliphatic rings. The molecule has 2 N–H and O–H groups in total. The third-order valence-electron chi connectivity index (χ3n) is 3.57. The Kier molecular flexibility index (Phi) is 3.23. The van der Waals surface area contributed by atoms with Crippen LogP contribution in [0.3, 0.4) is 0 Å². The summed E-state index contributed by atoms with van der Waals surface area (Å²) in [5, 5.41) is 9.41. The number of rotatable bonds is 3. The molecular formula is C16H13N5O2. The van der Waals surface area contributed by atoms with Gasteiger partial charge in [0.25, 0.3) is 5.91 Å². The molecule has 3 heterocycles. The highest BCUT2D eigenvalue weighted by molar-refractivity contribution is 5.93. The normalized spacial score (nSPS) is 15.7. The number of carbonyl (C=O) groups excluding carboxylic acids is 1. The lowest BCUT2D eigenvalue weighted by molar-refractivity contribution is -0.122. The number of nitrogens with one attached hydrogen (secondary N) is 2. The number of fused-ring (bicyclic) bond motifs is 1. The minimum atomic E-state index is -0.566. The van der Waals surface area contributed by atoms with Crippen LogP contribution < -0.4 is 10.1 Å². The second kappa shape index (κ2) is 5.53. The highest BCUT2D eigenvalue weighted by atomic mass is 16.5. The number of nitrogens with zero attached hydrogens (tertiary/aromatic N) is 3. The highest BCUT2D eigenvalue weighted by Gasteiger charge is 2.29. The van der Waals surface area contributed by atoms with Crippen molar-refractivity contribution in [3.05, 3.63) is 54.2 Å². The molecule has 2 aromatic heterocycles. The SMILES string of the molecule is O=C(Nc1n[nH]c(-c2ccccn2)n1)[C@H]1Cc2ccccc2O1. The van der Waals surface area contributed by atoms with Crippen LogP contribution in [0.4, 0.5) is 5.95 Å². The topological polar surface area (TPSA) is 92.8 Å². The molecule has 114 valence electrons. The molecule has 4 rings (SSSR count). The van der Waals surface area contributed by atoms with Crippen LogP contribution in [-0.2, 0) is 11.2 Å². The van der Waals surface area contributed by atoms with E-state index in [9.17, 15) is 4.79 Å². The van der Waals surface area contributed by atoms with Gasteiger partial charge in [-0.15, -0.1) is 5.10 Å². The van der Waals surface area contributed by atoms with Crippen molar-refractivity contribution >= 4 is 11.9 Å². The van der Waals surface area contributed by atoms with Crippen LogP contribution in [0, 0.1) is 0 Å². The number of carbonyl (C=O) groups is 1. The van der Waals surface area contributed by atoms with Crippen molar-refractivity contribution < 1.29 is 9.53 Å². The Morgan fingerprint density at radius 3 is 2.91 bits per heavy atom. The van der Waals surface area contributed by atoms with Gasteiger partial charge in [-0.2, -0.15) is 4.98 Å². The van der Waals surface area contributed by atoms with E-state index in [2.05, 4.69) is 25.5 Å². The minimum absolute atomic E-state index is 0.204. The molecule has 1 amide bonds. The molecular weight excluding hydrogens is 294 g/mol. The summed E-state index contributed by atoms with van der Waals surface area (Å²) in [6, 6.07) is 13.1. The zero-order valence-corrected chi connectivity index (χ0v) is 12.1. The first-order valence-corrected chi connectivity index (χ1v) is 7.19. The first-order chi connectivity index (χ1) is 11.3. The summed E-state index contributed by atoms with van der Waals surface area (Å²) in [4.78, 5) is 20.7. The van der Waals surface area contributed by atoms with E-state index in [4.69, 9.17) is 4.74 Å². The highest BCUT2D eigenvalue weighted by Crippen LogP contribution is 2.28. The Bertz CT molecular complexity index is 821. The van der Waals surface area contributed by atoms with E-state index < -0.39 is 6.10 Å². The Morgan fingerprint density at radius 2 is 2.09 bits per heavy atom. The molecule has 1 aromatic carbocycles. The van der Waals surface area contributed by atoms with E-state index in [1.165, 1.54) is 0 Å². The summed E-state index contributed by atoms with van der Waals surface area (Å²) >= 11 is 0. The molecule has 0 saturated heterocycles. The molecule has 7 nitrogen and oxygen atoms in total. The van der Waals surface area contributed by atoms with Crippen LogP contribution in [0.5, 0.6) is 5.75 Å². The molecule has 0 saturated carbocycles. The van der Waals surface area contributed by atoms with Crippen LogP contribution in [0.25, 0.3) is 11.5 Å². The zero-order chi connectivity index (χ0) is 15.6. The molecule has 3 aromatic rings. The Balaban J connectivity index is 1.45. The summed E-state index contributed by atoms with van der Waals surface area (Å²) in [5.74, 6) is 1.18. The Labute approximate surface area is 131 Å². The summed E-state index contributed by atoms with van der Waals surface area (Å²) in [5.41, 5.74) is 1.68. The van der Waals surface area contributed by atoms with Crippen LogP contribution in [0.2, 0.25) is 0 Å². The van der Waals surface area contributed by atoms with Gasteiger partial charge in [-0.05, 0) is 23.8 Å². The first-order valence-electron chi connectivity index (χ1n) is 7.19. The Morgan fingerprint density at radius 1 is 1.22 bits per heavy atom. The quantitative estimate of drug-likeness (QED) is 0.770. The maximum Gasteiger partial charge on any atom is 0.268 e. The fourth-order valence-electron chi connectivity index (χ4n) is 2.45. The molecule has 23 heavy (non-hydrogen) atoms. The maximum absolute atomic E-state index is 12.3. The number of anilines is 1. The lowest BCUT2D eigenvalue weighted by Crippen LogP contribution is -2.31. The van der Waals surface area contributed by atoms with Gasteiger partial charge in [0.15, 0.2) is 11.9 Å². The van der Waals surface area contributed by atoms with Crippen LogP contribution >= 0.6 is 0 Å². The van der Waals surface area contributed by atoms with Gasteiger partial charge < -0.3 is 4.74 Å². The smallest absolute Gasteiger partial charge is 0.268 e. The van der Waals surface area contributed by atoms with Crippen molar-refractivity contribution in [2.45, 2.75) is 12.5 Å². The van der Waals surface area contributed by atoms with E-state index in [1.54, 1.807) is 6.20 Å². The number of hydrogen-bond donors (Lipinski definition) is 2. The number of aromatic amines is 1. The summed E-state index contributed by atoms with van der Waals surface area (Å²) in [6.45, 7) is 0. The molecule has 0 spiro atoms. The van der Waals surface area contributed by atoms with E-state index in [-0.39, 0.29) is 11.9 Å². The largest absolute Gasteiger partial charge is 0.480 e. The second-order valence-corrected chi connectivity index (χ2v) is 5.13. The van der Waals surface area contributed by atoms with Crippen molar-refractivity contribution in [1.29, 1.82) is 0 Å². The molecule has 0 aliphatic carbocycles. The van der Waals surface area contributed by atoms with Gasteiger partial charge in [0, 0.05) is 12.6 Å². The van der Waals surface area contributed by atoms with Gasteiger partial charge in [0.2, 0.25) is 5.95 Å². The van der Waals surface area contributed by atoms with E-state index in [0.717, 1.165) is 11.3 Å². The molecule has 7 heteroatoms. The van der Waals surface area contributed by atoms with Crippen molar-refractivity contribution in [2.24, 2.45) is 0 Å². The lowest BCUT2D eigenvalue weighted by atomic mass is 10.1. The van der Waals surface area contributed by atoms with Gasteiger partial charge in [0.1, 0.15) is 11.4 Å². The summed E-state index contributed by atoms with van der Waals surface area (Å²) in [7, 11) is 0. The number of para-hydroxylation sites is 1. The van der Waals surface area contributed by atoms with Gasteiger partial charge in [-0.1, -0.05) is 24.3 Å². The number of hydrogen-bond acceptors (Lipinski definition) is 5. The number of ether oxygens (including phenoxy) is 1. The molecule has 1 aliphatic heterocycles. The predicted octanol–water partition coefficient (Wildman–Crippen LogP) is 1.81. The van der Waals surface area contributed by atoms with Crippen LogP contribution in [0.1, 0.15) is 5.56 Å². The second-order valence-electron chi connectivity index (χ2n) is 5.13. The monoisotopic (exact) mass is 307 g/mol. The summed E-state index contributed by atoms with van der Waals surface area (Å²) in [6.07, 6.45) is 1.64. The van der Waals surface area contributed by atoms with E-state index in [1.807, 2.05) is 42.5 Å². The van der Waals surface area contributed by atoms with Crippen LogP contribution in [0.15, 0.2) is 48.7 Å². The van der Waals surface area contributed by atoms with Crippen LogP contribution in [-0.4, -0.2) is 32.2 Å². The van der Waals surface area contributed by atoms with Gasteiger partial charge in [-0.25, -0.2) is 0 Å². The van der Waals surface area contributed by atoms with E-state index >= 15 is 0 Å². The fourth-order valence-corrected chi connectivity index (χ4v) is 2.45. The average Bonchev–Trinajstić information content (AvgIpc) is 3.22. The lowest BCUT2D eigenvalue weighted by Gasteiger charge is -2.08. The number of pyridine rings is 1. The standard InChI is InChI=1S/C16H13N5O2/c22-15(13-9-10-5-1-2-7-12(10)23-13)19-16-18-14(20-21-16)11-6-3-4-8-17-11/h1-8,13H,9H2,(H2,18,19,20,21,22)/t13-/m1/s1. The number of H-pyrrole nitrogens is 1.